The molecule has 0 radical (unpaired) electrons. The summed E-state index contributed by atoms with van der Waals surface area (Å²) in [5, 5.41) is 7.57. The summed E-state index contributed by atoms with van der Waals surface area (Å²) in [6.45, 7) is 33.8. The number of rotatable bonds is 10. The summed E-state index contributed by atoms with van der Waals surface area (Å²) in [6.07, 6.45) is 6.49. The fourth-order valence-electron chi connectivity index (χ4n) is 8.53. The Morgan fingerprint density at radius 3 is 1.24 bits per heavy atom. The number of amides is 2. The van der Waals surface area contributed by atoms with Crippen LogP contribution in [0.3, 0.4) is 0 Å². The maximum Gasteiger partial charge on any atom is 0.211 e. The van der Waals surface area contributed by atoms with Crippen LogP contribution in [0.25, 0.3) is 0 Å². The van der Waals surface area contributed by atoms with Crippen molar-refractivity contribution >= 4 is 12.8 Å². The summed E-state index contributed by atoms with van der Waals surface area (Å²) in [5.74, 6) is 0.403. The van der Waals surface area contributed by atoms with Crippen molar-refractivity contribution in [2.75, 3.05) is 0 Å². The van der Waals surface area contributed by atoms with E-state index in [1.165, 1.54) is 0 Å². The molecule has 0 aromatic carbocycles. The number of hydrogen-bond donors (Lipinski definition) is 2. The normalized spacial score (nSPS) is 24.9. The van der Waals surface area contributed by atoms with E-state index in [2.05, 4.69) is 124 Å². The van der Waals surface area contributed by atoms with Gasteiger partial charge in [-0.05, 0) is 99.3 Å². The van der Waals surface area contributed by atoms with Crippen molar-refractivity contribution in [1.29, 1.82) is 0 Å². The Labute approximate surface area is 235 Å². The predicted molar refractivity (Wildman–Crippen MR) is 160 cm³/mol. The van der Waals surface area contributed by atoms with Crippen LogP contribution in [0.4, 0.5) is 0 Å². The Bertz CT molecular complexity index is 776. The van der Waals surface area contributed by atoms with Gasteiger partial charge in [-0.2, -0.15) is 0 Å². The molecular weight excluding hydrogens is 472 g/mol. The topological polar surface area (TPSA) is 64.7 Å². The number of hydrogen-bond acceptors (Lipinski definition) is 4. The van der Waals surface area contributed by atoms with Gasteiger partial charge in [0.05, 0.1) is 0 Å². The molecule has 0 spiro atoms. The van der Waals surface area contributed by atoms with Crippen LogP contribution in [0.5, 0.6) is 0 Å². The minimum absolute atomic E-state index is 0.000874. The predicted octanol–water partition coefficient (Wildman–Crippen LogP) is 6.34. The Balaban J connectivity index is 2.82. The molecule has 38 heavy (non-hydrogen) atoms. The van der Waals surface area contributed by atoms with E-state index < -0.39 is 11.1 Å². The van der Waals surface area contributed by atoms with Gasteiger partial charge in [-0.3, -0.25) is 9.59 Å². The minimum atomic E-state index is -0.842. The molecule has 2 aliphatic heterocycles. The van der Waals surface area contributed by atoms with E-state index in [1.807, 2.05) is 0 Å². The van der Waals surface area contributed by atoms with Crippen molar-refractivity contribution in [3.63, 3.8) is 0 Å². The van der Waals surface area contributed by atoms with E-state index in [0.29, 0.717) is 5.92 Å². The van der Waals surface area contributed by atoms with Crippen LogP contribution in [0.2, 0.25) is 0 Å². The van der Waals surface area contributed by atoms with E-state index in [1.54, 1.807) is 0 Å². The molecule has 2 N–H and O–H groups in total. The molecule has 0 aromatic rings. The molecule has 2 heterocycles. The fourth-order valence-corrected chi connectivity index (χ4v) is 8.53. The van der Waals surface area contributed by atoms with Gasteiger partial charge in [0.1, 0.15) is 5.66 Å². The number of piperidine rings is 2. The first-order chi connectivity index (χ1) is 16.9. The zero-order chi connectivity index (χ0) is 29.8. The summed E-state index contributed by atoms with van der Waals surface area (Å²) in [4.78, 5) is 30.9. The van der Waals surface area contributed by atoms with Crippen molar-refractivity contribution in [3.05, 3.63) is 0 Å². The largest absolute Gasteiger partial charge is 0.319 e. The van der Waals surface area contributed by atoms with Gasteiger partial charge < -0.3 is 20.4 Å². The van der Waals surface area contributed by atoms with Gasteiger partial charge in [-0.1, -0.05) is 48.0 Å². The molecule has 0 aliphatic carbocycles. The molecule has 2 rings (SSSR count). The quantitative estimate of drug-likeness (QED) is 0.254. The van der Waals surface area contributed by atoms with Crippen molar-refractivity contribution in [2.45, 2.75) is 176 Å². The molecule has 2 saturated heterocycles. The van der Waals surface area contributed by atoms with Gasteiger partial charge >= 0.3 is 0 Å². The third-order valence-corrected chi connectivity index (χ3v) is 11.0. The molecule has 0 saturated carbocycles. The average Bonchev–Trinajstić information content (AvgIpc) is 2.69. The summed E-state index contributed by atoms with van der Waals surface area (Å²) in [5.41, 5.74) is -1.94. The third-order valence-electron chi connectivity index (χ3n) is 11.0. The molecule has 6 nitrogen and oxygen atoms in total. The van der Waals surface area contributed by atoms with Crippen molar-refractivity contribution in [2.24, 2.45) is 16.7 Å². The second-order valence-corrected chi connectivity index (χ2v) is 16.6. The number of nitrogens with zero attached hydrogens (tertiary/aromatic N) is 2. The second-order valence-electron chi connectivity index (χ2n) is 16.6. The van der Waals surface area contributed by atoms with Crippen LogP contribution < -0.4 is 10.6 Å². The molecule has 2 aliphatic rings. The molecule has 2 amide bonds. The fraction of sp³-hybridized carbons (Fsp3) is 0.938. The van der Waals surface area contributed by atoms with Crippen molar-refractivity contribution in [3.8, 4) is 0 Å². The number of carbonyl (C=O) groups is 2. The van der Waals surface area contributed by atoms with E-state index >= 15 is 0 Å². The highest BCUT2D eigenvalue weighted by Gasteiger charge is 2.61. The van der Waals surface area contributed by atoms with Crippen molar-refractivity contribution < 1.29 is 9.59 Å². The number of carbonyl (C=O) groups excluding carboxylic acids is 2. The second kappa shape index (κ2) is 10.4. The van der Waals surface area contributed by atoms with Crippen molar-refractivity contribution in [1.82, 2.24) is 20.4 Å². The molecule has 6 heteroatoms. The maximum atomic E-state index is 13.4. The van der Waals surface area contributed by atoms with Crippen LogP contribution in [0, 0.1) is 16.7 Å². The van der Waals surface area contributed by atoms with Crippen LogP contribution >= 0.6 is 0 Å². The van der Waals surface area contributed by atoms with Gasteiger partial charge in [-0.25, -0.2) is 0 Å². The molecule has 222 valence electrons. The minimum Gasteiger partial charge on any atom is -0.319 e. The first kappa shape index (κ1) is 33.1. The third kappa shape index (κ3) is 6.11. The SMILES string of the molecule is CCC(C)C(C)(C)C(C)(C)C(C)(N(C=O)C1CC(C)(C)NC(C)(C)C1)N(C=O)C1CC(C)(C)NC(C)(C)C1. The Morgan fingerprint density at radius 2 is 1.00 bits per heavy atom. The zero-order valence-corrected chi connectivity index (χ0v) is 27.6. The maximum absolute atomic E-state index is 13.4. The van der Waals surface area contributed by atoms with E-state index in [4.69, 9.17) is 0 Å². The lowest BCUT2D eigenvalue weighted by Crippen LogP contribution is -2.76. The highest BCUT2D eigenvalue weighted by molar-refractivity contribution is 5.56. The summed E-state index contributed by atoms with van der Waals surface area (Å²) in [7, 11) is 0. The Kier molecular flexibility index (Phi) is 9.01. The van der Waals surface area contributed by atoms with Gasteiger partial charge in [0, 0.05) is 39.7 Å². The van der Waals surface area contributed by atoms with Crippen LogP contribution in [-0.2, 0) is 9.59 Å². The Morgan fingerprint density at radius 1 is 0.711 bits per heavy atom. The van der Waals surface area contributed by atoms with Crippen LogP contribution in [0.15, 0.2) is 0 Å². The molecular formula is C32H62N4O2. The number of nitrogens with one attached hydrogen (secondary N) is 2. The highest BCUT2D eigenvalue weighted by Crippen LogP contribution is 2.56. The molecule has 2 fully saturated rings. The molecule has 0 aromatic heterocycles. The smallest absolute Gasteiger partial charge is 0.211 e. The standard InChI is InChI=1S/C32H62N4O2/c1-16-23(2)30(11,12)31(13,14)32(15,35(21-37)24-17-26(3,4)33-27(5,6)18-24)36(22-38)25-19-28(7,8)34-29(9,10)20-25/h21-25,33-34H,16-20H2,1-15H3. The lowest BCUT2D eigenvalue weighted by atomic mass is 9.54. The first-order valence-corrected chi connectivity index (χ1v) is 15.0. The van der Waals surface area contributed by atoms with Crippen LogP contribution in [-0.4, -0.2) is 62.5 Å². The molecule has 1 atom stereocenters. The summed E-state index contributed by atoms with van der Waals surface area (Å²) >= 11 is 0. The lowest BCUT2D eigenvalue weighted by molar-refractivity contribution is -0.205. The monoisotopic (exact) mass is 534 g/mol. The lowest BCUT2D eigenvalue weighted by Gasteiger charge is -2.66. The summed E-state index contributed by atoms with van der Waals surface area (Å²) in [6, 6.07) is 0.00175. The average molecular weight is 535 g/mol. The first-order valence-electron chi connectivity index (χ1n) is 15.0. The van der Waals surface area contributed by atoms with Gasteiger partial charge in [0.15, 0.2) is 0 Å². The van der Waals surface area contributed by atoms with Crippen LogP contribution in [0.1, 0.15) is 136 Å². The molecule has 1 unspecified atom stereocenters. The van der Waals surface area contributed by atoms with Gasteiger partial charge in [0.2, 0.25) is 12.8 Å². The van der Waals surface area contributed by atoms with E-state index in [9.17, 15) is 9.59 Å². The highest BCUT2D eigenvalue weighted by atomic mass is 16.2. The summed E-state index contributed by atoms with van der Waals surface area (Å²) < 4.78 is 0. The molecule has 0 bridgehead atoms. The zero-order valence-electron chi connectivity index (χ0n) is 27.6. The van der Waals surface area contributed by atoms with E-state index in [-0.39, 0.29) is 39.7 Å². The van der Waals surface area contributed by atoms with E-state index in [0.717, 1.165) is 44.9 Å². The Hall–Kier alpha value is -1.14. The van der Waals surface area contributed by atoms with Gasteiger partial charge in [0.25, 0.3) is 0 Å². The van der Waals surface area contributed by atoms with Gasteiger partial charge in [-0.15, -0.1) is 0 Å².